The largest absolute Gasteiger partial charge is 0.480 e. The number of rotatable bonds is 13. The number of aromatic amines is 1. The number of nitrogens with one attached hydrogen (secondary N) is 4. The number of hydrogen-bond donors (Lipinski definition) is 8. The van der Waals surface area contributed by atoms with Crippen LogP contribution in [0.3, 0.4) is 0 Å². The molecule has 30 heavy (non-hydrogen) atoms. The number of imidazole rings is 1. The minimum absolute atomic E-state index is 0.0113. The topological polar surface area (TPSA) is 222 Å². The molecule has 0 aliphatic rings. The Balaban J connectivity index is 2.50. The van der Waals surface area contributed by atoms with Crippen molar-refractivity contribution in [2.75, 3.05) is 12.3 Å². The third-order valence-corrected chi connectivity index (χ3v) is 4.25. The van der Waals surface area contributed by atoms with Crippen LogP contribution in [-0.2, 0) is 30.4 Å². The van der Waals surface area contributed by atoms with E-state index in [1.54, 1.807) is 0 Å². The molecule has 3 unspecified atom stereocenters. The molecule has 0 saturated carbocycles. The fraction of sp³-hybridized carbons (Fsp3) is 0.500. The zero-order chi connectivity index (χ0) is 22.7. The minimum atomic E-state index is -1.25. The zero-order valence-electron chi connectivity index (χ0n) is 16.0. The number of thiol groups is 1. The van der Waals surface area contributed by atoms with Crippen molar-refractivity contribution in [1.82, 2.24) is 25.9 Å². The number of carbonyl (C=O) groups is 5. The summed E-state index contributed by atoms with van der Waals surface area (Å²) in [5, 5.41) is 16.2. The standard InChI is InChI=1S/C16H25N7O6S/c17-9(1-2-12(18)24)14(26)23-11(6-30)15(27)20-5-13(25)22-10(16(28)29)3-8-4-19-7-21-8/h4,7,9-11,30H,1-3,5-6,17H2,(H2,18,24)(H,19,21)(H,20,27)(H,22,25)(H,23,26)(H,28,29). The van der Waals surface area contributed by atoms with Crippen LogP contribution >= 0.6 is 12.6 Å². The Labute approximate surface area is 177 Å². The van der Waals surface area contributed by atoms with Crippen LogP contribution in [0.4, 0.5) is 0 Å². The lowest BCUT2D eigenvalue weighted by molar-refractivity contribution is -0.141. The second kappa shape index (κ2) is 12.4. The van der Waals surface area contributed by atoms with Crippen LogP contribution in [0.5, 0.6) is 0 Å². The number of carbonyl (C=O) groups excluding carboxylic acids is 4. The monoisotopic (exact) mass is 443 g/mol. The summed E-state index contributed by atoms with van der Waals surface area (Å²) in [7, 11) is 0. The van der Waals surface area contributed by atoms with Gasteiger partial charge in [0.2, 0.25) is 23.6 Å². The molecule has 13 nitrogen and oxygen atoms in total. The maximum Gasteiger partial charge on any atom is 0.326 e. The van der Waals surface area contributed by atoms with Crippen molar-refractivity contribution in [3.63, 3.8) is 0 Å². The molecule has 0 aliphatic carbocycles. The Hall–Kier alpha value is -3.13. The third kappa shape index (κ3) is 8.91. The summed E-state index contributed by atoms with van der Waals surface area (Å²) in [6, 6.07) is -3.36. The van der Waals surface area contributed by atoms with Gasteiger partial charge in [0.25, 0.3) is 0 Å². The first-order valence-electron chi connectivity index (χ1n) is 8.86. The van der Waals surface area contributed by atoms with E-state index in [-0.39, 0.29) is 25.0 Å². The molecule has 3 atom stereocenters. The van der Waals surface area contributed by atoms with E-state index in [4.69, 9.17) is 11.5 Å². The number of hydrogen-bond acceptors (Lipinski definition) is 8. The summed E-state index contributed by atoms with van der Waals surface area (Å²) in [6.45, 7) is -0.514. The Morgan fingerprint density at radius 2 is 1.87 bits per heavy atom. The maximum absolute atomic E-state index is 12.2. The van der Waals surface area contributed by atoms with Gasteiger partial charge in [-0.15, -0.1) is 0 Å². The molecule has 9 N–H and O–H groups in total. The molecule has 0 aromatic carbocycles. The van der Waals surface area contributed by atoms with Gasteiger partial charge in [0.05, 0.1) is 18.9 Å². The first kappa shape index (κ1) is 24.9. The van der Waals surface area contributed by atoms with Gasteiger partial charge in [0, 0.05) is 30.5 Å². The minimum Gasteiger partial charge on any atom is -0.480 e. The molecule has 1 rings (SSSR count). The van der Waals surface area contributed by atoms with Crippen LogP contribution in [0.15, 0.2) is 12.5 Å². The second-order valence-electron chi connectivity index (χ2n) is 6.31. The van der Waals surface area contributed by atoms with Crippen LogP contribution in [0, 0.1) is 0 Å². The fourth-order valence-corrected chi connectivity index (χ4v) is 2.51. The van der Waals surface area contributed by atoms with Crippen LogP contribution < -0.4 is 27.4 Å². The van der Waals surface area contributed by atoms with E-state index in [1.807, 2.05) is 0 Å². The van der Waals surface area contributed by atoms with Crippen LogP contribution in [0.25, 0.3) is 0 Å². The van der Waals surface area contributed by atoms with Crippen molar-refractivity contribution in [2.24, 2.45) is 11.5 Å². The van der Waals surface area contributed by atoms with E-state index in [0.29, 0.717) is 5.69 Å². The number of nitrogens with two attached hydrogens (primary N) is 2. The number of carboxylic acid groups (broad SMARTS) is 1. The SMILES string of the molecule is NC(=O)CCC(N)C(=O)NC(CS)C(=O)NCC(=O)NC(Cc1cnc[nH]1)C(=O)O. The summed E-state index contributed by atoms with van der Waals surface area (Å²) in [6.07, 6.45) is 2.71. The van der Waals surface area contributed by atoms with E-state index < -0.39 is 54.3 Å². The molecule has 0 aliphatic heterocycles. The quantitative estimate of drug-likeness (QED) is 0.143. The normalized spacial score (nSPS) is 13.5. The van der Waals surface area contributed by atoms with Crippen molar-refractivity contribution in [3.8, 4) is 0 Å². The first-order valence-corrected chi connectivity index (χ1v) is 9.49. The highest BCUT2D eigenvalue weighted by atomic mass is 32.1. The second-order valence-corrected chi connectivity index (χ2v) is 6.68. The van der Waals surface area contributed by atoms with E-state index in [2.05, 4.69) is 38.5 Å². The van der Waals surface area contributed by atoms with Gasteiger partial charge in [-0.25, -0.2) is 9.78 Å². The predicted molar refractivity (Wildman–Crippen MR) is 107 cm³/mol. The van der Waals surface area contributed by atoms with Crippen LogP contribution in [-0.4, -0.2) is 75.1 Å². The molecule has 166 valence electrons. The van der Waals surface area contributed by atoms with Gasteiger partial charge in [-0.1, -0.05) is 0 Å². The molecule has 0 radical (unpaired) electrons. The lowest BCUT2D eigenvalue weighted by Crippen LogP contribution is -2.54. The molecule has 0 fully saturated rings. The van der Waals surface area contributed by atoms with E-state index in [1.165, 1.54) is 12.5 Å². The molecular weight excluding hydrogens is 418 g/mol. The van der Waals surface area contributed by atoms with Gasteiger partial charge < -0.3 is 37.5 Å². The Morgan fingerprint density at radius 1 is 1.17 bits per heavy atom. The highest BCUT2D eigenvalue weighted by Gasteiger charge is 2.25. The van der Waals surface area contributed by atoms with E-state index >= 15 is 0 Å². The average Bonchev–Trinajstić information content (AvgIpc) is 3.20. The number of aliphatic carboxylic acids is 1. The van der Waals surface area contributed by atoms with Gasteiger partial charge in [-0.05, 0) is 6.42 Å². The highest BCUT2D eigenvalue weighted by Crippen LogP contribution is 1.99. The first-order chi connectivity index (χ1) is 14.1. The van der Waals surface area contributed by atoms with Crippen molar-refractivity contribution in [3.05, 3.63) is 18.2 Å². The number of H-pyrrole nitrogens is 1. The van der Waals surface area contributed by atoms with Crippen molar-refractivity contribution < 1.29 is 29.1 Å². The summed E-state index contributed by atoms with van der Waals surface area (Å²) in [4.78, 5) is 64.7. The molecule has 0 saturated heterocycles. The fourth-order valence-electron chi connectivity index (χ4n) is 2.25. The molecule has 0 spiro atoms. The summed E-state index contributed by atoms with van der Waals surface area (Å²) in [5.74, 6) is -4.08. The van der Waals surface area contributed by atoms with Gasteiger partial charge in [-0.2, -0.15) is 12.6 Å². The van der Waals surface area contributed by atoms with E-state index in [9.17, 15) is 29.1 Å². The molecule has 14 heteroatoms. The van der Waals surface area contributed by atoms with Crippen molar-refractivity contribution in [1.29, 1.82) is 0 Å². The number of carboxylic acids is 1. The summed E-state index contributed by atoms with van der Waals surface area (Å²) < 4.78 is 0. The Bertz CT molecular complexity index is 757. The molecule has 1 aromatic heterocycles. The maximum atomic E-state index is 12.2. The summed E-state index contributed by atoms with van der Waals surface area (Å²) in [5.41, 5.74) is 11.1. The Kier molecular flexibility index (Phi) is 10.3. The van der Waals surface area contributed by atoms with Crippen molar-refractivity contribution in [2.45, 2.75) is 37.4 Å². The van der Waals surface area contributed by atoms with Gasteiger partial charge in [-0.3, -0.25) is 19.2 Å². The molecule has 0 bridgehead atoms. The average molecular weight is 443 g/mol. The number of aromatic nitrogens is 2. The Morgan fingerprint density at radius 3 is 2.40 bits per heavy atom. The zero-order valence-corrected chi connectivity index (χ0v) is 16.9. The lowest BCUT2D eigenvalue weighted by Gasteiger charge is -2.19. The van der Waals surface area contributed by atoms with Crippen LogP contribution in [0.2, 0.25) is 0 Å². The molecule has 4 amide bonds. The predicted octanol–water partition coefficient (Wildman–Crippen LogP) is -3.35. The number of amides is 4. The lowest BCUT2D eigenvalue weighted by atomic mass is 10.1. The van der Waals surface area contributed by atoms with Crippen LogP contribution in [0.1, 0.15) is 18.5 Å². The molecular formula is C16H25N7O6S. The van der Waals surface area contributed by atoms with Gasteiger partial charge in [0.1, 0.15) is 12.1 Å². The van der Waals surface area contributed by atoms with Crippen molar-refractivity contribution >= 4 is 42.2 Å². The van der Waals surface area contributed by atoms with E-state index in [0.717, 1.165) is 0 Å². The highest BCUT2D eigenvalue weighted by molar-refractivity contribution is 7.80. The smallest absolute Gasteiger partial charge is 0.326 e. The molecule has 1 aromatic rings. The number of nitrogens with zero attached hydrogens (tertiary/aromatic N) is 1. The molecule has 1 heterocycles. The number of primary amides is 1. The summed E-state index contributed by atoms with van der Waals surface area (Å²) >= 11 is 3.98. The third-order valence-electron chi connectivity index (χ3n) is 3.89. The van der Waals surface area contributed by atoms with Gasteiger partial charge >= 0.3 is 5.97 Å². The van der Waals surface area contributed by atoms with Gasteiger partial charge in [0.15, 0.2) is 0 Å².